The van der Waals surface area contributed by atoms with Gasteiger partial charge in [-0.3, -0.25) is 0 Å². The molecule has 2 nitrogen and oxygen atoms in total. The predicted molar refractivity (Wildman–Crippen MR) is 69.8 cm³/mol. The predicted octanol–water partition coefficient (Wildman–Crippen LogP) is 3.10. The van der Waals surface area contributed by atoms with Crippen molar-refractivity contribution >= 4 is 6.08 Å². The summed E-state index contributed by atoms with van der Waals surface area (Å²) in [6, 6.07) is 8.57. The van der Waals surface area contributed by atoms with Crippen LogP contribution in [0.5, 0.6) is 5.75 Å². The van der Waals surface area contributed by atoms with Crippen LogP contribution in [-0.2, 0) is 0 Å². The van der Waals surface area contributed by atoms with Crippen molar-refractivity contribution in [2.24, 2.45) is 0 Å². The first kappa shape index (κ1) is 12.8. The molecule has 0 saturated carbocycles. The van der Waals surface area contributed by atoms with Gasteiger partial charge >= 0.3 is 0 Å². The minimum absolute atomic E-state index is 0.399. The highest BCUT2D eigenvalue weighted by molar-refractivity contribution is 5.51. The molecule has 1 N–H and O–H groups in total. The summed E-state index contributed by atoms with van der Waals surface area (Å²) in [7, 11) is 1.96. The van der Waals surface area contributed by atoms with Gasteiger partial charge < -0.3 is 10.1 Å². The zero-order valence-corrected chi connectivity index (χ0v) is 10.4. The Morgan fingerprint density at radius 1 is 1.31 bits per heavy atom. The molecular weight excluding hydrogens is 198 g/mol. The van der Waals surface area contributed by atoms with Gasteiger partial charge in [-0.1, -0.05) is 31.2 Å². The minimum Gasteiger partial charge on any atom is -0.494 e. The van der Waals surface area contributed by atoms with Crippen molar-refractivity contribution < 1.29 is 4.74 Å². The van der Waals surface area contributed by atoms with Gasteiger partial charge in [-0.05, 0) is 38.1 Å². The van der Waals surface area contributed by atoms with Gasteiger partial charge in [0.25, 0.3) is 0 Å². The van der Waals surface area contributed by atoms with Gasteiger partial charge in [0.15, 0.2) is 0 Å². The molecule has 1 aromatic rings. The van der Waals surface area contributed by atoms with Crippen LogP contribution in [-0.4, -0.2) is 19.7 Å². The van der Waals surface area contributed by atoms with Gasteiger partial charge in [0.05, 0.1) is 6.61 Å². The summed E-state index contributed by atoms with van der Waals surface area (Å²) in [6.07, 6.45) is 5.30. The second-order valence-electron chi connectivity index (χ2n) is 3.85. The second kappa shape index (κ2) is 7.07. The van der Waals surface area contributed by atoms with Crippen LogP contribution in [0.1, 0.15) is 25.8 Å². The summed E-state index contributed by atoms with van der Waals surface area (Å²) in [5, 5.41) is 3.16. The van der Waals surface area contributed by atoms with Gasteiger partial charge in [-0.15, -0.1) is 0 Å². The topological polar surface area (TPSA) is 21.3 Å². The number of rotatable bonds is 6. The summed E-state index contributed by atoms with van der Waals surface area (Å²) in [4.78, 5) is 0. The molecule has 1 unspecified atom stereocenters. The normalized spacial score (nSPS) is 12.9. The molecular formula is C14H21NO. The minimum atomic E-state index is 0.399. The number of nitrogens with one attached hydrogen (secondary N) is 1. The maximum atomic E-state index is 5.52. The van der Waals surface area contributed by atoms with Gasteiger partial charge in [0.2, 0.25) is 0 Å². The Bertz CT molecular complexity index is 316. The average molecular weight is 219 g/mol. The maximum Gasteiger partial charge on any atom is 0.119 e. The SMILES string of the molecule is CCCOc1ccc(/C=C/C(C)NC)cc1. The lowest BCUT2D eigenvalue weighted by atomic mass is 10.2. The van der Waals surface area contributed by atoms with Crippen molar-refractivity contribution in [1.29, 1.82) is 0 Å². The molecule has 0 fully saturated rings. The first-order chi connectivity index (χ1) is 7.76. The Labute approximate surface area is 98.3 Å². The molecule has 1 atom stereocenters. The number of hydrogen-bond acceptors (Lipinski definition) is 2. The molecule has 0 aromatic heterocycles. The third kappa shape index (κ3) is 4.49. The molecule has 88 valence electrons. The standard InChI is InChI=1S/C14H21NO/c1-4-11-16-14-9-7-13(8-10-14)6-5-12(2)15-3/h5-10,12,15H,4,11H2,1-3H3/b6-5+. The van der Waals surface area contributed by atoms with E-state index in [1.165, 1.54) is 5.56 Å². The molecule has 1 aromatic carbocycles. The van der Waals surface area contributed by atoms with Crippen LogP contribution in [0.2, 0.25) is 0 Å². The molecule has 0 amide bonds. The van der Waals surface area contributed by atoms with E-state index in [2.05, 4.69) is 43.4 Å². The average Bonchev–Trinajstić information content (AvgIpc) is 2.34. The van der Waals surface area contributed by atoms with Crippen LogP contribution in [0.4, 0.5) is 0 Å². The molecule has 0 heterocycles. The molecule has 16 heavy (non-hydrogen) atoms. The zero-order valence-electron chi connectivity index (χ0n) is 10.4. The number of likely N-dealkylation sites (N-methyl/N-ethyl adjacent to an activating group) is 1. The fourth-order valence-corrected chi connectivity index (χ4v) is 1.25. The molecule has 2 heteroatoms. The first-order valence-electron chi connectivity index (χ1n) is 5.84. The van der Waals surface area contributed by atoms with E-state index in [9.17, 15) is 0 Å². The van der Waals surface area contributed by atoms with Gasteiger partial charge in [0.1, 0.15) is 5.75 Å². The van der Waals surface area contributed by atoms with Crippen LogP contribution >= 0.6 is 0 Å². The van der Waals surface area contributed by atoms with E-state index in [4.69, 9.17) is 4.74 Å². The van der Waals surface area contributed by atoms with E-state index in [1.807, 2.05) is 19.2 Å². The lowest BCUT2D eigenvalue weighted by Gasteiger charge is -2.05. The second-order valence-corrected chi connectivity index (χ2v) is 3.85. The maximum absolute atomic E-state index is 5.52. The summed E-state index contributed by atoms with van der Waals surface area (Å²) in [5.74, 6) is 0.945. The van der Waals surface area contributed by atoms with Crippen LogP contribution in [0.3, 0.4) is 0 Å². The molecule has 0 aliphatic heterocycles. The summed E-state index contributed by atoms with van der Waals surface area (Å²) >= 11 is 0. The smallest absolute Gasteiger partial charge is 0.119 e. The molecule has 0 saturated heterocycles. The van der Waals surface area contributed by atoms with Crippen molar-refractivity contribution in [3.8, 4) is 5.75 Å². The molecule has 1 rings (SSSR count). The Hall–Kier alpha value is -1.28. The Kier molecular flexibility index (Phi) is 5.65. The van der Waals surface area contributed by atoms with Crippen molar-refractivity contribution in [2.75, 3.05) is 13.7 Å². The Morgan fingerprint density at radius 2 is 2.00 bits per heavy atom. The Morgan fingerprint density at radius 3 is 2.56 bits per heavy atom. The highest BCUT2D eigenvalue weighted by Gasteiger charge is 1.93. The van der Waals surface area contributed by atoms with E-state index in [-0.39, 0.29) is 0 Å². The van der Waals surface area contributed by atoms with E-state index in [0.29, 0.717) is 6.04 Å². The number of benzene rings is 1. The monoisotopic (exact) mass is 219 g/mol. The third-order valence-corrected chi connectivity index (χ3v) is 2.39. The van der Waals surface area contributed by atoms with E-state index < -0.39 is 0 Å². The highest BCUT2D eigenvalue weighted by Crippen LogP contribution is 2.13. The van der Waals surface area contributed by atoms with Crippen LogP contribution in [0, 0.1) is 0 Å². The van der Waals surface area contributed by atoms with Crippen LogP contribution in [0.15, 0.2) is 30.3 Å². The zero-order chi connectivity index (χ0) is 11.8. The van der Waals surface area contributed by atoms with Crippen LogP contribution in [0.25, 0.3) is 6.08 Å². The van der Waals surface area contributed by atoms with Gasteiger partial charge in [-0.2, -0.15) is 0 Å². The lowest BCUT2D eigenvalue weighted by Crippen LogP contribution is -2.17. The van der Waals surface area contributed by atoms with E-state index in [0.717, 1.165) is 18.8 Å². The number of hydrogen-bond donors (Lipinski definition) is 1. The number of ether oxygens (including phenoxy) is 1. The quantitative estimate of drug-likeness (QED) is 0.793. The highest BCUT2D eigenvalue weighted by atomic mass is 16.5. The summed E-state index contributed by atoms with van der Waals surface area (Å²) in [5.41, 5.74) is 1.20. The van der Waals surface area contributed by atoms with Crippen molar-refractivity contribution in [3.63, 3.8) is 0 Å². The van der Waals surface area contributed by atoms with Crippen molar-refractivity contribution in [2.45, 2.75) is 26.3 Å². The molecule has 0 spiro atoms. The van der Waals surface area contributed by atoms with Crippen molar-refractivity contribution in [3.05, 3.63) is 35.9 Å². The molecule has 0 aliphatic carbocycles. The van der Waals surface area contributed by atoms with Gasteiger partial charge in [-0.25, -0.2) is 0 Å². The summed E-state index contributed by atoms with van der Waals surface area (Å²) < 4.78 is 5.52. The van der Waals surface area contributed by atoms with E-state index in [1.54, 1.807) is 0 Å². The summed E-state index contributed by atoms with van der Waals surface area (Å²) in [6.45, 7) is 5.01. The Balaban J connectivity index is 2.54. The van der Waals surface area contributed by atoms with Gasteiger partial charge in [0, 0.05) is 6.04 Å². The van der Waals surface area contributed by atoms with E-state index >= 15 is 0 Å². The van der Waals surface area contributed by atoms with Crippen molar-refractivity contribution in [1.82, 2.24) is 5.32 Å². The fourth-order valence-electron chi connectivity index (χ4n) is 1.25. The largest absolute Gasteiger partial charge is 0.494 e. The molecule has 0 aliphatic rings. The first-order valence-corrected chi connectivity index (χ1v) is 5.84. The third-order valence-electron chi connectivity index (χ3n) is 2.39. The lowest BCUT2D eigenvalue weighted by molar-refractivity contribution is 0.317. The van der Waals surface area contributed by atoms with Crippen LogP contribution < -0.4 is 10.1 Å². The molecule has 0 radical (unpaired) electrons. The fraction of sp³-hybridized carbons (Fsp3) is 0.429. The molecule has 0 bridgehead atoms.